The molecular formula is C61H71N8O16S4+. The Kier molecular flexibility index (Phi) is 20.1. The van der Waals surface area contributed by atoms with Crippen LogP contribution in [0.25, 0.3) is 43.8 Å². The van der Waals surface area contributed by atoms with Crippen LogP contribution in [-0.2, 0) is 51.3 Å². The van der Waals surface area contributed by atoms with Crippen LogP contribution in [0, 0.1) is 0 Å². The van der Waals surface area contributed by atoms with Crippen molar-refractivity contribution in [1.82, 2.24) is 31.2 Å². The van der Waals surface area contributed by atoms with Crippen molar-refractivity contribution in [2.24, 2.45) is 0 Å². The minimum absolute atomic E-state index is 0.000575. The van der Waals surface area contributed by atoms with E-state index in [1.165, 1.54) is 12.1 Å². The largest absolute Gasteiger partial charge is 0.351 e. The maximum Gasteiger partial charge on any atom is 0.269 e. The number of fused-ring (bicyclic) bond motifs is 6. The van der Waals surface area contributed by atoms with E-state index in [2.05, 4.69) is 56.9 Å². The number of benzene rings is 4. The Balaban J connectivity index is 1.22. The lowest BCUT2D eigenvalue weighted by Gasteiger charge is -2.27. The number of amides is 4. The number of hydrogen-bond acceptors (Lipinski definition) is 15. The monoisotopic (exact) mass is 1300 g/mol. The Labute approximate surface area is 517 Å². The molecule has 4 amide bonds. The van der Waals surface area contributed by atoms with Crippen molar-refractivity contribution in [3.05, 3.63) is 143 Å². The van der Waals surface area contributed by atoms with Gasteiger partial charge in [0, 0.05) is 73.6 Å². The van der Waals surface area contributed by atoms with Gasteiger partial charge in [0.25, 0.3) is 64.1 Å². The fourth-order valence-corrected chi connectivity index (χ4v) is 13.9. The molecule has 2 aliphatic rings. The van der Waals surface area contributed by atoms with Crippen molar-refractivity contribution in [1.29, 1.82) is 0 Å². The molecule has 28 heteroatoms. The first-order valence-corrected chi connectivity index (χ1v) is 35.1. The first-order chi connectivity index (χ1) is 41.8. The Bertz CT molecular complexity index is 4310. The highest BCUT2D eigenvalue weighted by atomic mass is 32.2. The number of carbonyl (C=O) groups excluding carboxylic acids is 4. The van der Waals surface area contributed by atoms with Crippen molar-refractivity contribution >= 4 is 103 Å². The van der Waals surface area contributed by atoms with Crippen molar-refractivity contribution in [3.8, 4) is 22.3 Å². The number of unbranched alkanes of at least 4 members (excludes halogenated alkanes) is 2. The Morgan fingerprint density at radius 1 is 0.551 bits per heavy atom. The lowest BCUT2D eigenvalue weighted by atomic mass is 9.78. The smallest absolute Gasteiger partial charge is 0.269 e. The number of rotatable bonds is 26. The minimum atomic E-state index is -4.77. The number of nitrogens with one attached hydrogen (secondary N) is 4. The summed E-state index contributed by atoms with van der Waals surface area (Å²) in [6.07, 6.45) is 8.07. The summed E-state index contributed by atoms with van der Waals surface area (Å²) in [6.45, 7) is 11.7. The SMILES string of the molecule is CCCCCN1/C(=C/C=C/C2=[N+](CCCS(=O)(=O)O)c3ccc4cc(-c5cc(C(=O)NCC)nc(C(=O)NCC)c5)ccc4c3C2(C)CS(=O)(=O)O)C(C)(C)c2c1ccc1cc(-c3cc(C(=O)NCCS(=O)(=O)O)nc(C(=O)NCCS(=O)(=O)O)c3)ccc21. The number of nitrogens with zero attached hydrogens (tertiary/aromatic N) is 4. The molecule has 4 heterocycles. The van der Waals surface area contributed by atoms with Crippen LogP contribution in [0.15, 0.2) is 109 Å². The molecule has 8 N–H and O–H groups in total. The van der Waals surface area contributed by atoms with Crippen molar-refractivity contribution in [3.63, 3.8) is 0 Å². The maximum absolute atomic E-state index is 13.4. The van der Waals surface area contributed by atoms with Gasteiger partial charge >= 0.3 is 0 Å². The van der Waals surface area contributed by atoms with Gasteiger partial charge in [-0.25, -0.2) is 9.97 Å². The number of carbonyl (C=O) groups is 4. The average Bonchev–Trinajstić information content (AvgIpc) is 1.59. The zero-order valence-electron chi connectivity index (χ0n) is 49.8. The predicted molar refractivity (Wildman–Crippen MR) is 340 cm³/mol. The first kappa shape index (κ1) is 67.1. The van der Waals surface area contributed by atoms with E-state index in [0.29, 0.717) is 69.6 Å². The van der Waals surface area contributed by atoms with Gasteiger partial charge in [-0.15, -0.1) is 0 Å². The Morgan fingerprint density at radius 3 is 1.48 bits per heavy atom. The molecule has 0 radical (unpaired) electrons. The van der Waals surface area contributed by atoms with Gasteiger partial charge in [-0.05, 0) is 131 Å². The third-order valence-corrected chi connectivity index (χ3v) is 18.7. The first-order valence-electron chi connectivity index (χ1n) is 28.7. The molecule has 0 bridgehead atoms. The number of hydrogen-bond donors (Lipinski definition) is 8. The summed E-state index contributed by atoms with van der Waals surface area (Å²) in [4.78, 5) is 63.7. The van der Waals surface area contributed by atoms with Crippen LogP contribution in [-0.4, -0.2) is 158 Å². The lowest BCUT2D eigenvalue weighted by molar-refractivity contribution is -0.437. The highest BCUT2D eigenvalue weighted by Crippen LogP contribution is 2.52. The molecule has 6 aromatic rings. The zero-order valence-corrected chi connectivity index (χ0v) is 53.1. The van der Waals surface area contributed by atoms with Gasteiger partial charge in [0.15, 0.2) is 5.71 Å². The van der Waals surface area contributed by atoms with Gasteiger partial charge in [-0.1, -0.05) is 70.0 Å². The van der Waals surface area contributed by atoms with Gasteiger partial charge < -0.3 is 26.2 Å². The fraction of sp³-hybridized carbons (Fsp3) is 0.361. The Hall–Kier alpha value is -7.83. The van der Waals surface area contributed by atoms with E-state index in [1.54, 1.807) is 73.9 Å². The van der Waals surface area contributed by atoms with Crippen molar-refractivity contribution in [2.75, 3.05) is 67.2 Å². The topological polar surface area (TPSA) is 366 Å². The molecule has 2 aromatic heterocycles. The van der Waals surface area contributed by atoms with Gasteiger partial charge in [-0.3, -0.25) is 37.4 Å². The molecule has 8 rings (SSSR count). The molecule has 0 spiro atoms. The van der Waals surface area contributed by atoms with Gasteiger partial charge in [0.05, 0.1) is 23.0 Å². The van der Waals surface area contributed by atoms with Gasteiger partial charge in [0.2, 0.25) is 5.69 Å². The molecule has 4 aromatic carbocycles. The van der Waals surface area contributed by atoms with Crippen LogP contribution in [0.1, 0.15) is 120 Å². The number of anilines is 1. The van der Waals surface area contributed by atoms with E-state index < -0.39 is 111 Å². The summed E-state index contributed by atoms with van der Waals surface area (Å²) < 4.78 is 138. The number of pyridine rings is 2. The molecule has 24 nitrogen and oxygen atoms in total. The molecule has 0 saturated carbocycles. The van der Waals surface area contributed by atoms with Crippen LogP contribution in [0.4, 0.5) is 11.4 Å². The second-order valence-corrected chi connectivity index (χ2v) is 28.6. The third kappa shape index (κ3) is 15.8. The quantitative estimate of drug-likeness (QED) is 0.0157. The number of aromatic nitrogens is 2. The molecule has 0 aliphatic carbocycles. The summed E-state index contributed by atoms with van der Waals surface area (Å²) in [6, 6.07) is 24.4. The summed E-state index contributed by atoms with van der Waals surface area (Å²) in [5.41, 5.74) is 3.33. The van der Waals surface area contributed by atoms with E-state index in [4.69, 9.17) is 0 Å². The van der Waals surface area contributed by atoms with E-state index in [9.17, 15) is 71.1 Å². The van der Waals surface area contributed by atoms with E-state index in [1.807, 2.05) is 42.5 Å². The van der Waals surface area contributed by atoms with E-state index in [0.717, 1.165) is 47.0 Å². The molecule has 1 atom stereocenters. The standard InChI is InChI=1S/C61H70N8O16S4/c1-7-10-11-26-68-50-22-18-40-31-38(43-35-48(58(72)64-24-29-87(77,78)79)67-49(36-43)59(73)65-25-30-88(80,81)82)16-20-44(40)54(50)60(4,5)52(68)14-12-15-53-61(6,37-89(83,84)85)55-45-21-17-39(32-41(45)19-23-51(55)69(53)27-13-28-86(74,75)76)42-33-46(56(70)62-8-2)66-47(34-42)57(71)63-9-3/h12,14-23,31-36H,7-11,13,24-30,37H2,1-6H3,(H7-,62,63,64,65,70,71,72,73,74,75,76,77,78,79,80,81,82,83,84,85)/p+1. The molecular weight excluding hydrogens is 1230 g/mol. The van der Waals surface area contributed by atoms with Crippen molar-refractivity contribution in [2.45, 2.75) is 78.1 Å². The second kappa shape index (κ2) is 26.7. The highest BCUT2D eigenvalue weighted by molar-refractivity contribution is 7.86. The maximum atomic E-state index is 13.4. The normalized spacial score (nSPS) is 16.3. The zero-order chi connectivity index (χ0) is 65.0. The average molecular weight is 1300 g/mol. The van der Waals surface area contributed by atoms with E-state index in [-0.39, 0.29) is 35.7 Å². The molecule has 1 unspecified atom stereocenters. The minimum Gasteiger partial charge on any atom is -0.351 e. The van der Waals surface area contributed by atoms with Gasteiger partial charge in [-0.2, -0.15) is 38.2 Å². The molecule has 0 fully saturated rings. The lowest BCUT2D eigenvalue weighted by Crippen LogP contribution is -2.38. The molecule has 0 saturated heterocycles. The Morgan fingerprint density at radius 2 is 1.02 bits per heavy atom. The highest BCUT2D eigenvalue weighted by Gasteiger charge is 2.51. The molecule has 89 heavy (non-hydrogen) atoms. The summed E-state index contributed by atoms with van der Waals surface area (Å²) in [5.74, 6) is -5.71. The summed E-state index contributed by atoms with van der Waals surface area (Å²) in [5, 5.41) is 13.0. The third-order valence-electron chi connectivity index (χ3n) is 15.5. The number of allylic oxidation sites excluding steroid dienone is 4. The van der Waals surface area contributed by atoms with Crippen LogP contribution in [0.2, 0.25) is 0 Å². The summed E-state index contributed by atoms with van der Waals surface area (Å²) in [7, 11) is -18.1. The fourth-order valence-electron chi connectivity index (χ4n) is 11.7. The second-order valence-electron chi connectivity index (χ2n) is 22.5. The molecule has 474 valence electrons. The predicted octanol–water partition coefficient (Wildman–Crippen LogP) is 6.80. The van der Waals surface area contributed by atoms with Crippen LogP contribution >= 0.6 is 0 Å². The van der Waals surface area contributed by atoms with Crippen LogP contribution in [0.3, 0.4) is 0 Å². The van der Waals surface area contributed by atoms with E-state index >= 15 is 0 Å². The van der Waals surface area contributed by atoms with Crippen LogP contribution in [0.5, 0.6) is 0 Å². The summed E-state index contributed by atoms with van der Waals surface area (Å²) >= 11 is 0. The van der Waals surface area contributed by atoms with Crippen molar-refractivity contribution < 1.29 is 75.6 Å². The molecule has 2 aliphatic heterocycles. The van der Waals surface area contributed by atoms with Crippen LogP contribution < -0.4 is 26.2 Å². The van der Waals surface area contributed by atoms with Gasteiger partial charge in [0.1, 0.15) is 34.7 Å².